The molecule has 2 heterocycles. The minimum absolute atomic E-state index is 0.0530. The third kappa shape index (κ3) is 3.53. The molecule has 142 valence electrons. The van der Waals surface area contributed by atoms with E-state index in [1.807, 2.05) is 54.6 Å². The lowest BCUT2D eigenvalue weighted by molar-refractivity contribution is -0.126. The molecule has 1 aliphatic heterocycles. The number of carbonyl (C=O) groups excluding carboxylic acids is 2. The average molecular weight is 375 g/mol. The van der Waals surface area contributed by atoms with Gasteiger partial charge in [-0.05, 0) is 29.8 Å². The van der Waals surface area contributed by atoms with E-state index in [2.05, 4.69) is 10.3 Å². The van der Waals surface area contributed by atoms with Gasteiger partial charge in [-0.15, -0.1) is 0 Å². The molecule has 0 radical (unpaired) electrons. The van der Waals surface area contributed by atoms with Crippen LogP contribution in [-0.2, 0) is 16.1 Å². The molecule has 1 atom stereocenters. The molecule has 1 fully saturated rings. The summed E-state index contributed by atoms with van der Waals surface area (Å²) in [5.41, 5.74) is 2.51. The van der Waals surface area contributed by atoms with Crippen LogP contribution in [0.5, 0.6) is 5.75 Å². The molecule has 1 aromatic heterocycles. The highest BCUT2D eigenvalue weighted by molar-refractivity contribution is 6.05. The Morgan fingerprint density at radius 2 is 1.96 bits per heavy atom. The maximum atomic E-state index is 12.6. The predicted molar refractivity (Wildman–Crippen MR) is 107 cm³/mol. The molecule has 2 aromatic carbocycles. The number of rotatable bonds is 5. The lowest BCUT2D eigenvalue weighted by atomic mass is 10.1. The monoisotopic (exact) mass is 375 g/mol. The number of carbonyl (C=O) groups is 2. The van der Waals surface area contributed by atoms with Gasteiger partial charge in [0.25, 0.3) is 0 Å². The van der Waals surface area contributed by atoms with Crippen molar-refractivity contribution in [3.63, 3.8) is 0 Å². The smallest absolute Gasteiger partial charge is 0.227 e. The first-order valence-corrected chi connectivity index (χ1v) is 9.20. The van der Waals surface area contributed by atoms with Crippen molar-refractivity contribution in [3.8, 4) is 5.75 Å². The second kappa shape index (κ2) is 7.68. The van der Waals surface area contributed by atoms with Gasteiger partial charge in [0.2, 0.25) is 11.8 Å². The van der Waals surface area contributed by atoms with E-state index in [0.717, 1.165) is 27.9 Å². The fourth-order valence-electron chi connectivity index (χ4n) is 3.50. The van der Waals surface area contributed by atoms with Gasteiger partial charge >= 0.3 is 0 Å². The van der Waals surface area contributed by atoms with E-state index in [0.29, 0.717) is 13.1 Å². The van der Waals surface area contributed by atoms with Crippen LogP contribution in [0.2, 0.25) is 0 Å². The second-order valence-electron chi connectivity index (χ2n) is 6.82. The summed E-state index contributed by atoms with van der Waals surface area (Å²) in [6.07, 6.45) is 1.92. The Kier molecular flexibility index (Phi) is 4.93. The Labute approximate surface area is 163 Å². The maximum absolute atomic E-state index is 12.6. The number of ether oxygens (including phenoxy) is 1. The van der Waals surface area contributed by atoms with E-state index in [1.54, 1.807) is 18.2 Å². The lowest BCUT2D eigenvalue weighted by Gasteiger charge is -2.18. The first-order valence-electron chi connectivity index (χ1n) is 9.20. The number of aromatic nitrogens is 1. The summed E-state index contributed by atoms with van der Waals surface area (Å²) < 4.78 is 5.14. The van der Waals surface area contributed by atoms with Crippen molar-refractivity contribution in [2.24, 2.45) is 5.92 Å². The molecule has 0 bridgehead atoms. The Bertz CT molecular complexity index is 1010. The zero-order chi connectivity index (χ0) is 19.5. The van der Waals surface area contributed by atoms with Crippen molar-refractivity contribution < 1.29 is 14.3 Å². The van der Waals surface area contributed by atoms with Gasteiger partial charge in [-0.1, -0.05) is 30.3 Å². The molecule has 1 saturated heterocycles. The molecule has 1 aliphatic rings. The minimum Gasteiger partial charge on any atom is -0.497 e. The summed E-state index contributed by atoms with van der Waals surface area (Å²) in [5.74, 6) is 0.239. The third-order valence-corrected chi connectivity index (χ3v) is 5.02. The van der Waals surface area contributed by atoms with Crippen molar-refractivity contribution >= 4 is 28.4 Å². The van der Waals surface area contributed by atoms with E-state index in [1.165, 1.54) is 0 Å². The zero-order valence-corrected chi connectivity index (χ0v) is 15.6. The summed E-state index contributed by atoms with van der Waals surface area (Å²) in [6.45, 7) is 0.784. The number of anilines is 1. The second-order valence-corrected chi connectivity index (χ2v) is 6.82. The maximum Gasteiger partial charge on any atom is 0.227 e. The summed E-state index contributed by atoms with van der Waals surface area (Å²) in [4.78, 5) is 31.3. The molecule has 4 rings (SSSR count). The standard InChI is InChI=1S/C22H21N3O3/c1-28-18-9-7-15(8-10-18)13-24-22(27)17-12-20(26)25(14-17)19-6-2-4-16-5-3-11-23-21(16)19/h2-11,17H,12-14H2,1H3,(H,24,27). The van der Waals surface area contributed by atoms with Crippen LogP contribution in [0, 0.1) is 5.92 Å². The minimum atomic E-state index is -0.371. The highest BCUT2D eigenvalue weighted by atomic mass is 16.5. The highest BCUT2D eigenvalue weighted by Crippen LogP contribution is 2.30. The molecule has 0 aliphatic carbocycles. The fourth-order valence-corrected chi connectivity index (χ4v) is 3.50. The van der Waals surface area contributed by atoms with Crippen molar-refractivity contribution in [2.45, 2.75) is 13.0 Å². The van der Waals surface area contributed by atoms with Gasteiger partial charge in [-0.2, -0.15) is 0 Å². The summed E-state index contributed by atoms with van der Waals surface area (Å²) >= 11 is 0. The third-order valence-electron chi connectivity index (χ3n) is 5.02. The Hall–Kier alpha value is -3.41. The molecule has 0 spiro atoms. The first-order chi connectivity index (χ1) is 13.7. The predicted octanol–water partition coefficient (Wildman–Crippen LogP) is 2.91. The topological polar surface area (TPSA) is 71.5 Å². The quantitative estimate of drug-likeness (QED) is 0.744. The number of hydrogen-bond acceptors (Lipinski definition) is 4. The van der Waals surface area contributed by atoms with Crippen molar-refractivity contribution in [3.05, 3.63) is 66.4 Å². The van der Waals surface area contributed by atoms with E-state index in [4.69, 9.17) is 4.74 Å². The molecule has 6 heteroatoms. The summed E-state index contributed by atoms with van der Waals surface area (Å²) in [5, 5.41) is 3.91. The van der Waals surface area contributed by atoms with Gasteiger partial charge in [0.05, 0.1) is 24.2 Å². The van der Waals surface area contributed by atoms with Crippen molar-refractivity contribution in [2.75, 3.05) is 18.6 Å². The molecule has 1 N–H and O–H groups in total. The number of nitrogens with one attached hydrogen (secondary N) is 1. The van der Waals surface area contributed by atoms with Gasteiger partial charge < -0.3 is 15.0 Å². The Balaban J connectivity index is 1.44. The van der Waals surface area contributed by atoms with Crippen LogP contribution < -0.4 is 15.0 Å². The number of fused-ring (bicyclic) bond motifs is 1. The largest absolute Gasteiger partial charge is 0.497 e. The van der Waals surface area contributed by atoms with E-state index < -0.39 is 0 Å². The van der Waals surface area contributed by atoms with Crippen LogP contribution in [-0.4, -0.2) is 30.5 Å². The Morgan fingerprint density at radius 1 is 1.18 bits per heavy atom. The van der Waals surface area contributed by atoms with Gasteiger partial charge in [-0.25, -0.2) is 0 Å². The number of benzene rings is 2. The van der Waals surface area contributed by atoms with Gasteiger partial charge in [-0.3, -0.25) is 14.6 Å². The lowest BCUT2D eigenvalue weighted by Crippen LogP contribution is -2.32. The Morgan fingerprint density at radius 3 is 2.75 bits per heavy atom. The molecule has 3 aromatic rings. The van der Waals surface area contributed by atoms with Crippen molar-refractivity contribution in [1.82, 2.24) is 10.3 Å². The van der Waals surface area contributed by atoms with Crippen LogP contribution in [0.15, 0.2) is 60.8 Å². The first kappa shape index (κ1) is 18.0. The van der Waals surface area contributed by atoms with Crippen LogP contribution in [0.3, 0.4) is 0 Å². The highest BCUT2D eigenvalue weighted by Gasteiger charge is 2.35. The normalized spacial score (nSPS) is 16.4. The molecule has 28 heavy (non-hydrogen) atoms. The van der Waals surface area contributed by atoms with Gasteiger partial charge in [0, 0.05) is 31.1 Å². The number of pyridine rings is 1. The van der Waals surface area contributed by atoms with E-state index in [9.17, 15) is 9.59 Å². The average Bonchev–Trinajstić information content (AvgIpc) is 3.13. The van der Waals surface area contributed by atoms with E-state index >= 15 is 0 Å². The molecular weight excluding hydrogens is 354 g/mol. The molecule has 0 saturated carbocycles. The van der Waals surface area contributed by atoms with Crippen LogP contribution in [0.1, 0.15) is 12.0 Å². The molecule has 6 nitrogen and oxygen atoms in total. The number of para-hydroxylation sites is 1. The fraction of sp³-hybridized carbons (Fsp3) is 0.227. The SMILES string of the molecule is COc1ccc(CNC(=O)C2CC(=O)N(c3cccc4cccnc34)C2)cc1. The number of methoxy groups -OCH3 is 1. The number of amides is 2. The number of hydrogen-bond donors (Lipinski definition) is 1. The summed E-state index contributed by atoms with van der Waals surface area (Å²) in [6, 6.07) is 17.1. The van der Waals surface area contributed by atoms with Gasteiger partial charge in [0.15, 0.2) is 0 Å². The van der Waals surface area contributed by atoms with Crippen LogP contribution >= 0.6 is 0 Å². The molecule has 2 amide bonds. The van der Waals surface area contributed by atoms with E-state index in [-0.39, 0.29) is 24.2 Å². The van der Waals surface area contributed by atoms with Crippen LogP contribution in [0.25, 0.3) is 10.9 Å². The van der Waals surface area contributed by atoms with Crippen LogP contribution in [0.4, 0.5) is 5.69 Å². The molecule has 1 unspecified atom stereocenters. The number of nitrogens with zero attached hydrogens (tertiary/aromatic N) is 2. The summed E-state index contributed by atoms with van der Waals surface area (Å²) in [7, 11) is 1.62. The zero-order valence-electron chi connectivity index (χ0n) is 15.6. The van der Waals surface area contributed by atoms with Crippen molar-refractivity contribution in [1.29, 1.82) is 0 Å². The van der Waals surface area contributed by atoms with Gasteiger partial charge in [0.1, 0.15) is 5.75 Å². The molecular formula is C22H21N3O3.